The first-order valence-electron chi connectivity index (χ1n) is 9.75. The molecule has 0 fully saturated rings. The molecule has 6 heteroatoms. The van der Waals surface area contributed by atoms with Crippen LogP contribution < -0.4 is 26.3 Å². The third-order valence-corrected chi connectivity index (χ3v) is 5.04. The number of benzene rings is 1. The molecule has 152 valence electrons. The van der Waals surface area contributed by atoms with Crippen molar-refractivity contribution in [1.82, 2.24) is 14.1 Å². The monoisotopic (exact) mass is 393 g/mol. The van der Waals surface area contributed by atoms with Crippen molar-refractivity contribution in [2.24, 2.45) is 13.0 Å². The normalized spacial score (nSPS) is 12.9. The lowest BCUT2D eigenvalue weighted by atomic mass is 10.1. The highest BCUT2D eigenvalue weighted by molar-refractivity contribution is 5.75. The number of ether oxygens (including phenoxy) is 1. The van der Waals surface area contributed by atoms with Crippen LogP contribution in [0.3, 0.4) is 0 Å². The van der Waals surface area contributed by atoms with Crippen LogP contribution in [0.4, 0.5) is 0 Å². The van der Waals surface area contributed by atoms with Crippen LogP contribution in [0.2, 0.25) is 0 Å². The molecule has 0 atom stereocenters. The number of pyridine rings is 1. The number of methoxy groups -OCH3 is 1. The molecule has 1 aromatic carbocycles. The molecule has 6 nitrogen and oxygen atoms in total. The van der Waals surface area contributed by atoms with E-state index < -0.39 is 0 Å². The van der Waals surface area contributed by atoms with Crippen molar-refractivity contribution < 1.29 is 4.74 Å². The van der Waals surface area contributed by atoms with Gasteiger partial charge in [-0.05, 0) is 44.0 Å². The summed E-state index contributed by atoms with van der Waals surface area (Å²) < 4.78 is 8.61. The molecule has 29 heavy (non-hydrogen) atoms. The fourth-order valence-corrected chi connectivity index (χ4v) is 3.67. The van der Waals surface area contributed by atoms with Gasteiger partial charge < -0.3 is 9.30 Å². The number of hydrogen-bond donors (Lipinski definition) is 0. The number of rotatable bonds is 4. The van der Waals surface area contributed by atoms with Crippen molar-refractivity contribution in [3.63, 3.8) is 0 Å². The SMILES string of the molecule is C/C=c1/c(=O)c2c(=O)n(-c3ccc(OC)cc3)c(CC(C)C)nc2n(C)/c1=C/C. The quantitative estimate of drug-likeness (QED) is 0.679. The first kappa shape index (κ1) is 20.6. The Morgan fingerprint density at radius 3 is 2.28 bits per heavy atom. The zero-order valence-electron chi connectivity index (χ0n) is 17.8. The average molecular weight is 393 g/mol. The molecule has 0 radical (unpaired) electrons. The lowest BCUT2D eigenvalue weighted by molar-refractivity contribution is 0.414. The van der Waals surface area contributed by atoms with Crippen LogP contribution in [0.5, 0.6) is 5.75 Å². The molecule has 0 aliphatic rings. The van der Waals surface area contributed by atoms with E-state index in [9.17, 15) is 9.59 Å². The third-order valence-electron chi connectivity index (χ3n) is 5.04. The average Bonchev–Trinajstić information content (AvgIpc) is 2.70. The first-order valence-corrected chi connectivity index (χ1v) is 9.75. The predicted molar refractivity (Wildman–Crippen MR) is 117 cm³/mol. The minimum Gasteiger partial charge on any atom is -0.497 e. The minimum atomic E-state index is -0.345. The predicted octanol–water partition coefficient (Wildman–Crippen LogP) is 1.89. The van der Waals surface area contributed by atoms with E-state index in [1.54, 1.807) is 36.8 Å². The maximum atomic E-state index is 13.6. The van der Waals surface area contributed by atoms with Crippen molar-refractivity contribution in [1.29, 1.82) is 0 Å². The lowest BCUT2D eigenvalue weighted by Crippen LogP contribution is -2.47. The second-order valence-corrected chi connectivity index (χ2v) is 7.43. The molecule has 0 bridgehead atoms. The topological polar surface area (TPSA) is 66.1 Å². The van der Waals surface area contributed by atoms with E-state index in [1.807, 2.05) is 36.7 Å². The van der Waals surface area contributed by atoms with Crippen molar-refractivity contribution in [3.8, 4) is 11.4 Å². The van der Waals surface area contributed by atoms with Crippen molar-refractivity contribution >= 4 is 23.2 Å². The molecule has 2 heterocycles. The Balaban J connectivity index is 2.54. The van der Waals surface area contributed by atoms with Gasteiger partial charge in [-0.3, -0.25) is 14.2 Å². The van der Waals surface area contributed by atoms with Gasteiger partial charge in [0.1, 0.15) is 17.0 Å². The second-order valence-electron chi connectivity index (χ2n) is 7.43. The molecule has 0 amide bonds. The molecule has 0 unspecified atom stereocenters. The summed E-state index contributed by atoms with van der Waals surface area (Å²) in [5.74, 6) is 1.62. The van der Waals surface area contributed by atoms with Crippen molar-refractivity contribution in [2.75, 3.05) is 7.11 Å². The van der Waals surface area contributed by atoms with Crippen LogP contribution in [-0.4, -0.2) is 21.2 Å². The fourth-order valence-electron chi connectivity index (χ4n) is 3.67. The van der Waals surface area contributed by atoms with E-state index in [0.717, 1.165) is 5.35 Å². The Morgan fingerprint density at radius 1 is 1.10 bits per heavy atom. The van der Waals surface area contributed by atoms with Gasteiger partial charge in [-0.1, -0.05) is 26.0 Å². The molecule has 0 aliphatic carbocycles. The molecule has 2 aromatic heterocycles. The van der Waals surface area contributed by atoms with E-state index in [4.69, 9.17) is 9.72 Å². The summed E-state index contributed by atoms with van der Waals surface area (Å²) in [6.45, 7) is 7.83. The molecular formula is C23H27N3O3. The summed E-state index contributed by atoms with van der Waals surface area (Å²) in [6.07, 6.45) is 4.23. The third kappa shape index (κ3) is 3.50. The summed E-state index contributed by atoms with van der Waals surface area (Å²) in [4.78, 5) is 31.6. The van der Waals surface area contributed by atoms with Gasteiger partial charge in [0, 0.05) is 24.0 Å². The van der Waals surface area contributed by atoms with Crippen LogP contribution >= 0.6 is 0 Å². The number of aryl methyl sites for hydroxylation is 1. The second kappa shape index (κ2) is 8.07. The molecule has 0 saturated heterocycles. The fraction of sp³-hybridized carbons (Fsp3) is 0.348. The maximum absolute atomic E-state index is 13.6. The Bertz CT molecular complexity index is 1300. The number of hydrogen-bond acceptors (Lipinski definition) is 4. The molecule has 3 aromatic rings. The van der Waals surface area contributed by atoms with Gasteiger partial charge in [0.15, 0.2) is 5.65 Å². The molecule has 0 saturated carbocycles. The Kier molecular flexibility index (Phi) is 5.73. The number of fused-ring (bicyclic) bond motifs is 1. The highest BCUT2D eigenvalue weighted by Crippen LogP contribution is 2.17. The van der Waals surface area contributed by atoms with Gasteiger partial charge in [-0.15, -0.1) is 0 Å². The molecule has 0 N–H and O–H groups in total. The first-order chi connectivity index (χ1) is 13.8. The molecule has 0 aliphatic heterocycles. The van der Waals surface area contributed by atoms with Gasteiger partial charge >= 0.3 is 0 Å². The Labute approximate surface area is 169 Å². The minimum absolute atomic E-state index is 0.106. The molecule has 0 spiro atoms. The van der Waals surface area contributed by atoms with Crippen LogP contribution in [0.1, 0.15) is 33.5 Å². The number of nitrogens with zero attached hydrogens (tertiary/aromatic N) is 3. The highest BCUT2D eigenvalue weighted by Gasteiger charge is 2.18. The smallest absolute Gasteiger partial charge is 0.271 e. The van der Waals surface area contributed by atoms with E-state index >= 15 is 0 Å². The van der Waals surface area contributed by atoms with Crippen LogP contribution in [-0.2, 0) is 13.5 Å². The van der Waals surface area contributed by atoms with Gasteiger partial charge in [0.05, 0.1) is 12.8 Å². The Hall–Kier alpha value is -3.15. The maximum Gasteiger partial charge on any atom is 0.271 e. The van der Waals surface area contributed by atoms with E-state index in [0.29, 0.717) is 40.5 Å². The van der Waals surface area contributed by atoms with E-state index in [-0.39, 0.29) is 16.4 Å². The summed E-state index contributed by atoms with van der Waals surface area (Å²) in [5.41, 5.74) is 0.446. The summed E-state index contributed by atoms with van der Waals surface area (Å²) in [6, 6.07) is 7.21. The van der Waals surface area contributed by atoms with Crippen LogP contribution in [0, 0.1) is 5.92 Å². The van der Waals surface area contributed by atoms with Crippen LogP contribution in [0.15, 0.2) is 33.9 Å². The largest absolute Gasteiger partial charge is 0.497 e. The number of aromatic nitrogens is 3. The zero-order chi connectivity index (χ0) is 21.3. The molecule has 3 rings (SSSR count). The van der Waals surface area contributed by atoms with Crippen molar-refractivity contribution in [2.45, 2.75) is 34.1 Å². The summed E-state index contributed by atoms with van der Waals surface area (Å²) >= 11 is 0. The lowest BCUT2D eigenvalue weighted by Gasteiger charge is -2.17. The Morgan fingerprint density at radius 2 is 1.76 bits per heavy atom. The van der Waals surface area contributed by atoms with Gasteiger partial charge in [0.25, 0.3) is 5.56 Å². The summed E-state index contributed by atoms with van der Waals surface area (Å²) in [7, 11) is 3.44. The zero-order valence-corrected chi connectivity index (χ0v) is 17.8. The van der Waals surface area contributed by atoms with Gasteiger partial charge in [-0.25, -0.2) is 4.98 Å². The van der Waals surface area contributed by atoms with Crippen molar-refractivity contribution in [3.05, 3.63) is 61.2 Å². The van der Waals surface area contributed by atoms with Gasteiger partial charge in [-0.2, -0.15) is 0 Å². The summed E-state index contributed by atoms with van der Waals surface area (Å²) in [5, 5.41) is 1.38. The van der Waals surface area contributed by atoms with Gasteiger partial charge in [0.2, 0.25) is 5.43 Å². The standard InChI is InChI=1S/C23H27N3O3/c1-7-17-18(8-2)25(5)22-20(21(17)27)23(28)26(19(24-22)13-14(3)4)15-9-11-16(29-6)12-10-15/h7-12,14H,13H2,1-6H3/b17-7+,18-8+. The van der Waals surface area contributed by atoms with E-state index in [1.165, 1.54) is 0 Å². The molecular weight excluding hydrogens is 366 g/mol. The van der Waals surface area contributed by atoms with E-state index in [2.05, 4.69) is 13.8 Å². The highest BCUT2D eigenvalue weighted by atomic mass is 16.5. The van der Waals surface area contributed by atoms with Crippen LogP contribution in [0.25, 0.3) is 28.9 Å².